The predicted molar refractivity (Wildman–Crippen MR) is 81.6 cm³/mol. The van der Waals surface area contributed by atoms with Crippen LogP contribution in [-0.2, 0) is 16.6 Å². The quantitative estimate of drug-likeness (QED) is 0.368. The van der Waals surface area contributed by atoms with Crippen LogP contribution in [0.1, 0.15) is 23.8 Å². The van der Waals surface area contributed by atoms with Gasteiger partial charge in [0.1, 0.15) is 5.76 Å². The Bertz CT molecular complexity index is 560. The Morgan fingerprint density at radius 3 is 2.52 bits per heavy atom. The molecule has 120 valence electrons. The monoisotopic (exact) mass is 317 g/mol. The summed E-state index contributed by atoms with van der Waals surface area (Å²) in [6.45, 7) is 5.20. The van der Waals surface area contributed by atoms with E-state index in [2.05, 4.69) is 25.3 Å². The number of aryl methyl sites for hydroxylation is 2. The minimum atomic E-state index is -3.12. The van der Waals surface area contributed by atoms with Gasteiger partial charge < -0.3 is 15.1 Å². The molecule has 1 heterocycles. The van der Waals surface area contributed by atoms with Gasteiger partial charge in [0.25, 0.3) is 0 Å². The van der Waals surface area contributed by atoms with Crippen LogP contribution in [0.25, 0.3) is 0 Å². The lowest BCUT2D eigenvalue weighted by atomic mass is 10.4. The van der Waals surface area contributed by atoms with Gasteiger partial charge in [-0.05, 0) is 20.3 Å². The molecule has 1 aromatic heterocycles. The molecule has 0 atom stereocenters. The van der Waals surface area contributed by atoms with Crippen LogP contribution in [0, 0.1) is 13.8 Å². The highest BCUT2D eigenvalue weighted by molar-refractivity contribution is 7.88. The van der Waals surface area contributed by atoms with E-state index in [0.29, 0.717) is 37.9 Å². The molecule has 0 saturated heterocycles. The highest BCUT2D eigenvalue weighted by atomic mass is 32.2. The Balaban J connectivity index is 2.26. The lowest BCUT2D eigenvalue weighted by Crippen LogP contribution is -2.38. The second kappa shape index (κ2) is 7.99. The third-order valence-electron chi connectivity index (χ3n) is 2.71. The number of aliphatic imine (C=N–C) groups is 1. The number of sulfonamides is 1. The topological polar surface area (TPSA) is 109 Å². The molecule has 0 radical (unpaired) electrons. The first-order valence-electron chi connectivity index (χ1n) is 6.64. The molecule has 0 aliphatic carbocycles. The number of rotatable bonds is 7. The third-order valence-corrected chi connectivity index (χ3v) is 3.44. The maximum atomic E-state index is 10.9. The highest BCUT2D eigenvalue weighted by Gasteiger charge is 2.06. The van der Waals surface area contributed by atoms with Crippen molar-refractivity contribution in [2.75, 3.05) is 26.4 Å². The smallest absolute Gasteiger partial charge is 0.214 e. The van der Waals surface area contributed by atoms with E-state index in [1.807, 2.05) is 13.8 Å². The molecule has 3 N–H and O–H groups in total. The van der Waals surface area contributed by atoms with Crippen molar-refractivity contribution in [3.8, 4) is 0 Å². The van der Waals surface area contributed by atoms with Crippen molar-refractivity contribution in [3.63, 3.8) is 0 Å². The molecular formula is C12H23N5O3S. The number of aromatic nitrogens is 1. The van der Waals surface area contributed by atoms with Gasteiger partial charge in [-0.2, -0.15) is 0 Å². The Labute approximate surface area is 125 Å². The molecule has 0 spiro atoms. The summed E-state index contributed by atoms with van der Waals surface area (Å²) in [5.74, 6) is 2.02. The van der Waals surface area contributed by atoms with Crippen LogP contribution < -0.4 is 15.4 Å². The van der Waals surface area contributed by atoms with Crippen molar-refractivity contribution in [1.82, 2.24) is 20.3 Å². The number of nitrogens with one attached hydrogen (secondary N) is 3. The molecule has 0 unspecified atom stereocenters. The van der Waals surface area contributed by atoms with E-state index in [0.717, 1.165) is 17.7 Å². The second-order valence-electron chi connectivity index (χ2n) is 4.62. The molecular weight excluding hydrogens is 294 g/mol. The molecule has 1 rings (SSSR count). The van der Waals surface area contributed by atoms with E-state index < -0.39 is 10.0 Å². The van der Waals surface area contributed by atoms with E-state index in [1.54, 1.807) is 7.05 Å². The summed E-state index contributed by atoms with van der Waals surface area (Å²) in [5.41, 5.74) is 0.876. The van der Waals surface area contributed by atoms with Gasteiger partial charge in [-0.15, -0.1) is 0 Å². The van der Waals surface area contributed by atoms with Gasteiger partial charge in [-0.3, -0.25) is 4.99 Å². The van der Waals surface area contributed by atoms with Gasteiger partial charge in [0.15, 0.2) is 5.96 Å². The van der Waals surface area contributed by atoms with Gasteiger partial charge in [-0.1, -0.05) is 0 Å². The van der Waals surface area contributed by atoms with E-state index >= 15 is 0 Å². The first-order valence-corrected chi connectivity index (χ1v) is 8.53. The molecule has 0 aliphatic heterocycles. The summed E-state index contributed by atoms with van der Waals surface area (Å²) in [4.78, 5) is 8.33. The van der Waals surface area contributed by atoms with Crippen LogP contribution in [-0.4, -0.2) is 45.8 Å². The van der Waals surface area contributed by atoms with Gasteiger partial charge in [0, 0.05) is 20.1 Å². The van der Waals surface area contributed by atoms with E-state index in [9.17, 15) is 8.42 Å². The molecule has 1 aromatic rings. The second-order valence-corrected chi connectivity index (χ2v) is 6.45. The number of hydrogen-bond donors (Lipinski definition) is 3. The Morgan fingerprint density at radius 1 is 1.29 bits per heavy atom. The Morgan fingerprint density at radius 2 is 2.00 bits per heavy atom. The zero-order chi connectivity index (χ0) is 15.9. The Kier molecular flexibility index (Phi) is 6.63. The summed E-state index contributed by atoms with van der Waals surface area (Å²) in [6, 6.07) is 0. The van der Waals surface area contributed by atoms with Crippen LogP contribution >= 0.6 is 0 Å². The molecule has 0 aromatic carbocycles. The van der Waals surface area contributed by atoms with Crippen LogP contribution in [0.5, 0.6) is 0 Å². The molecule has 0 fully saturated rings. The first-order chi connectivity index (χ1) is 9.81. The van der Waals surface area contributed by atoms with Crippen LogP contribution in [0.3, 0.4) is 0 Å². The maximum absolute atomic E-state index is 10.9. The van der Waals surface area contributed by atoms with Crippen molar-refractivity contribution in [2.24, 2.45) is 4.99 Å². The molecule has 9 heteroatoms. The number of nitrogens with zero attached hydrogens (tertiary/aromatic N) is 2. The predicted octanol–water partition coefficient (Wildman–Crippen LogP) is -0.104. The van der Waals surface area contributed by atoms with Crippen LogP contribution in [0.4, 0.5) is 0 Å². The fourth-order valence-electron chi connectivity index (χ4n) is 1.55. The van der Waals surface area contributed by atoms with E-state index in [-0.39, 0.29) is 0 Å². The minimum Gasteiger partial charge on any atom is -0.444 e. The van der Waals surface area contributed by atoms with Crippen molar-refractivity contribution in [2.45, 2.75) is 26.8 Å². The van der Waals surface area contributed by atoms with Gasteiger partial charge >= 0.3 is 0 Å². The summed E-state index contributed by atoms with van der Waals surface area (Å²) >= 11 is 0. The standard InChI is InChI=1S/C12H23N5O3S/c1-9-10(2)20-11(17-9)8-15-12(13-3)14-6-5-7-16-21(4,18)19/h16H,5-8H2,1-4H3,(H2,13,14,15). The van der Waals surface area contributed by atoms with Crippen molar-refractivity contribution < 1.29 is 12.8 Å². The minimum absolute atomic E-state index is 0.390. The van der Waals surface area contributed by atoms with Crippen molar-refractivity contribution >= 4 is 16.0 Å². The number of guanidine groups is 1. The molecule has 0 bridgehead atoms. The third kappa shape index (κ3) is 7.09. The largest absolute Gasteiger partial charge is 0.444 e. The molecule has 0 aliphatic rings. The molecule has 0 amide bonds. The van der Waals surface area contributed by atoms with Gasteiger partial charge in [0.05, 0.1) is 18.5 Å². The normalized spacial score (nSPS) is 12.5. The first kappa shape index (κ1) is 17.4. The highest BCUT2D eigenvalue weighted by Crippen LogP contribution is 2.07. The van der Waals surface area contributed by atoms with E-state index in [4.69, 9.17) is 4.42 Å². The summed E-state index contributed by atoms with van der Waals surface area (Å²) < 4.78 is 29.7. The maximum Gasteiger partial charge on any atom is 0.214 e. The Hall–Kier alpha value is -1.61. The zero-order valence-electron chi connectivity index (χ0n) is 12.9. The summed E-state index contributed by atoms with van der Waals surface area (Å²) in [7, 11) is -1.46. The molecule has 8 nitrogen and oxygen atoms in total. The fraction of sp³-hybridized carbons (Fsp3) is 0.667. The average Bonchev–Trinajstić information content (AvgIpc) is 2.71. The zero-order valence-corrected chi connectivity index (χ0v) is 13.7. The number of oxazole rings is 1. The summed E-state index contributed by atoms with van der Waals surface area (Å²) in [5, 5.41) is 6.16. The number of hydrogen-bond acceptors (Lipinski definition) is 5. The average molecular weight is 317 g/mol. The SMILES string of the molecule is CN=C(NCCCNS(C)(=O)=O)NCc1nc(C)c(C)o1. The van der Waals surface area contributed by atoms with Crippen LogP contribution in [0.15, 0.2) is 9.41 Å². The molecule has 0 saturated carbocycles. The fourth-order valence-corrected chi connectivity index (χ4v) is 2.06. The van der Waals surface area contributed by atoms with Gasteiger partial charge in [0.2, 0.25) is 15.9 Å². The van der Waals surface area contributed by atoms with Crippen molar-refractivity contribution in [3.05, 3.63) is 17.3 Å². The molecule has 21 heavy (non-hydrogen) atoms. The van der Waals surface area contributed by atoms with Crippen LogP contribution in [0.2, 0.25) is 0 Å². The lowest BCUT2D eigenvalue weighted by Gasteiger charge is -2.10. The summed E-state index contributed by atoms with van der Waals surface area (Å²) in [6.07, 6.45) is 1.80. The lowest BCUT2D eigenvalue weighted by molar-refractivity contribution is 0.463. The van der Waals surface area contributed by atoms with Gasteiger partial charge in [-0.25, -0.2) is 18.1 Å². The van der Waals surface area contributed by atoms with E-state index in [1.165, 1.54) is 0 Å². The van der Waals surface area contributed by atoms with Crippen molar-refractivity contribution in [1.29, 1.82) is 0 Å².